The van der Waals surface area contributed by atoms with Crippen molar-refractivity contribution in [2.75, 3.05) is 0 Å². The Morgan fingerprint density at radius 1 is 0.931 bits per heavy atom. The number of hydrogen-bond donors (Lipinski definition) is 2. The lowest BCUT2D eigenvalue weighted by Gasteiger charge is -2.23. The number of H-pyrrole nitrogens is 1. The van der Waals surface area contributed by atoms with E-state index in [0.29, 0.717) is 23.2 Å². The molecule has 4 aromatic rings. The first-order chi connectivity index (χ1) is 14.2. The molecule has 2 N–H and O–H groups in total. The van der Waals surface area contributed by atoms with Crippen LogP contribution in [0.2, 0.25) is 0 Å². The van der Waals surface area contributed by atoms with Crippen LogP contribution in [0, 0.1) is 5.82 Å². The topological polar surface area (TPSA) is 57.8 Å². The number of hydrogen-bond acceptors (Lipinski definition) is 2. The Kier molecular flexibility index (Phi) is 4.21. The second-order valence-corrected chi connectivity index (χ2v) is 7.16. The maximum absolute atomic E-state index is 13.6. The summed E-state index contributed by atoms with van der Waals surface area (Å²) in [5.74, 6) is -0.379. The number of halogens is 1. The molecule has 5 heteroatoms. The van der Waals surface area contributed by atoms with E-state index in [0.717, 1.165) is 22.5 Å². The zero-order valence-electron chi connectivity index (χ0n) is 15.5. The highest BCUT2D eigenvalue weighted by molar-refractivity contribution is 5.98. The number of nitrogens with zero attached hydrogens (tertiary/aromatic N) is 1. The summed E-state index contributed by atoms with van der Waals surface area (Å²) in [6.45, 7) is 0. The highest BCUT2D eigenvalue weighted by atomic mass is 19.1. The van der Waals surface area contributed by atoms with Gasteiger partial charge in [-0.2, -0.15) is 0 Å². The molecule has 0 spiro atoms. The average molecular weight is 383 g/mol. The minimum absolute atomic E-state index is 0.0528. The minimum atomic E-state index is -0.298. The van der Waals surface area contributed by atoms with E-state index in [-0.39, 0.29) is 17.8 Å². The second kappa shape index (κ2) is 7.02. The first-order valence-corrected chi connectivity index (χ1v) is 9.47. The summed E-state index contributed by atoms with van der Waals surface area (Å²) in [6, 6.07) is 21.9. The van der Waals surface area contributed by atoms with E-state index in [1.165, 1.54) is 12.1 Å². The molecule has 0 aliphatic carbocycles. The Balaban J connectivity index is 1.49. The summed E-state index contributed by atoms with van der Waals surface area (Å²) in [5.41, 5.74) is 5.81. The SMILES string of the molecule is O=C1NC(c2ccccc2)Cc2[nH]c(-c3ccnc(-c4cccc(F)c4)c3)cc21. The minimum Gasteiger partial charge on any atom is -0.358 e. The first-order valence-electron chi connectivity index (χ1n) is 9.47. The molecule has 0 bridgehead atoms. The number of amides is 1. The van der Waals surface area contributed by atoms with Gasteiger partial charge in [-0.3, -0.25) is 9.78 Å². The number of carbonyl (C=O) groups is 1. The lowest BCUT2D eigenvalue weighted by atomic mass is 9.96. The lowest BCUT2D eigenvalue weighted by molar-refractivity contribution is 0.0925. The molecule has 2 aromatic carbocycles. The molecule has 1 unspecified atom stereocenters. The van der Waals surface area contributed by atoms with Crippen molar-refractivity contribution in [2.24, 2.45) is 0 Å². The maximum atomic E-state index is 13.6. The fourth-order valence-electron chi connectivity index (χ4n) is 3.80. The maximum Gasteiger partial charge on any atom is 0.253 e. The van der Waals surface area contributed by atoms with Crippen LogP contribution in [-0.2, 0) is 6.42 Å². The number of nitrogens with one attached hydrogen (secondary N) is 2. The predicted molar refractivity (Wildman–Crippen MR) is 110 cm³/mol. The van der Waals surface area contributed by atoms with Gasteiger partial charge in [-0.05, 0) is 35.9 Å². The summed E-state index contributed by atoms with van der Waals surface area (Å²) in [4.78, 5) is 20.4. The smallest absolute Gasteiger partial charge is 0.253 e. The molecule has 1 atom stereocenters. The Morgan fingerprint density at radius 3 is 2.62 bits per heavy atom. The standard InChI is InChI=1S/C24H18FN3O/c25-18-8-4-7-16(11-18)20-12-17(9-10-26-20)21-13-19-23(27-21)14-22(28-24(19)29)15-5-2-1-3-6-15/h1-13,22,27H,14H2,(H,28,29). The van der Waals surface area contributed by atoms with Crippen LogP contribution in [0.3, 0.4) is 0 Å². The van der Waals surface area contributed by atoms with E-state index < -0.39 is 0 Å². The van der Waals surface area contributed by atoms with Crippen LogP contribution < -0.4 is 5.32 Å². The third-order valence-electron chi connectivity index (χ3n) is 5.25. The number of aromatic amines is 1. The zero-order chi connectivity index (χ0) is 19.8. The highest BCUT2D eigenvalue weighted by Gasteiger charge is 2.27. The van der Waals surface area contributed by atoms with Crippen LogP contribution >= 0.6 is 0 Å². The highest BCUT2D eigenvalue weighted by Crippen LogP contribution is 2.31. The molecule has 0 fully saturated rings. The number of aromatic nitrogens is 2. The van der Waals surface area contributed by atoms with Gasteiger partial charge in [-0.1, -0.05) is 42.5 Å². The van der Waals surface area contributed by atoms with Gasteiger partial charge in [0.05, 0.1) is 17.3 Å². The lowest BCUT2D eigenvalue weighted by Crippen LogP contribution is -2.34. The molecule has 1 amide bonds. The number of fused-ring (bicyclic) bond motifs is 1. The Morgan fingerprint density at radius 2 is 1.79 bits per heavy atom. The van der Waals surface area contributed by atoms with Gasteiger partial charge < -0.3 is 10.3 Å². The molecule has 29 heavy (non-hydrogen) atoms. The van der Waals surface area contributed by atoms with E-state index in [1.807, 2.05) is 54.6 Å². The summed E-state index contributed by atoms with van der Waals surface area (Å²) < 4.78 is 13.6. The van der Waals surface area contributed by atoms with Crippen molar-refractivity contribution < 1.29 is 9.18 Å². The number of rotatable bonds is 3. The van der Waals surface area contributed by atoms with Crippen LogP contribution in [0.4, 0.5) is 4.39 Å². The third kappa shape index (κ3) is 3.31. The molecular formula is C24H18FN3O. The molecule has 4 nitrogen and oxygen atoms in total. The molecule has 142 valence electrons. The molecule has 0 radical (unpaired) electrons. The van der Waals surface area contributed by atoms with Gasteiger partial charge in [0.1, 0.15) is 5.82 Å². The fourth-order valence-corrected chi connectivity index (χ4v) is 3.80. The molecule has 2 aromatic heterocycles. The monoisotopic (exact) mass is 383 g/mol. The third-order valence-corrected chi connectivity index (χ3v) is 5.25. The van der Waals surface area contributed by atoms with E-state index in [9.17, 15) is 9.18 Å². The van der Waals surface area contributed by atoms with Crippen molar-refractivity contribution in [3.05, 3.63) is 102 Å². The predicted octanol–water partition coefficient (Wildman–Crippen LogP) is 4.91. The molecule has 1 aliphatic rings. The van der Waals surface area contributed by atoms with E-state index >= 15 is 0 Å². The van der Waals surface area contributed by atoms with Crippen LogP contribution in [0.25, 0.3) is 22.5 Å². The average Bonchev–Trinajstić information content (AvgIpc) is 3.19. The normalized spacial score (nSPS) is 15.6. The molecule has 3 heterocycles. The summed E-state index contributed by atoms with van der Waals surface area (Å²) >= 11 is 0. The van der Waals surface area contributed by atoms with Crippen LogP contribution in [0.15, 0.2) is 79.0 Å². The van der Waals surface area contributed by atoms with Crippen molar-refractivity contribution in [1.29, 1.82) is 0 Å². The first kappa shape index (κ1) is 17.4. The second-order valence-electron chi connectivity index (χ2n) is 7.16. The van der Waals surface area contributed by atoms with E-state index in [4.69, 9.17) is 0 Å². The van der Waals surface area contributed by atoms with Crippen LogP contribution in [0.1, 0.15) is 27.7 Å². The van der Waals surface area contributed by atoms with Gasteiger partial charge in [0.25, 0.3) is 5.91 Å². The summed E-state index contributed by atoms with van der Waals surface area (Å²) in [6.07, 6.45) is 2.40. The van der Waals surface area contributed by atoms with Gasteiger partial charge in [-0.25, -0.2) is 4.39 Å². The molecule has 1 aliphatic heterocycles. The van der Waals surface area contributed by atoms with Gasteiger partial charge in [0.2, 0.25) is 0 Å². The van der Waals surface area contributed by atoms with Gasteiger partial charge >= 0.3 is 0 Å². The van der Waals surface area contributed by atoms with Crippen molar-refractivity contribution in [3.8, 4) is 22.5 Å². The Bertz CT molecular complexity index is 1200. The van der Waals surface area contributed by atoms with Crippen LogP contribution in [0.5, 0.6) is 0 Å². The summed E-state index contributed by atoms with van der Waals surface area (Å²) in [5, 5.41) is 3.08. The van der Waals surface area contributed by atoms with Crippen molar-refractivity contribution in [2.45, 2.75) is 12.5 Å². The largest absolute Gasteiger partial charge is 0.358 e. The zero-order valence-corrected chi connectivity index (χ0v) is 15.5. The number of carbonyl (C=O) groups excluding carboxylic acids is 1. The molecule has 5 rings (SSSR count). The number of pyridine rings is 1. The Labute approximate surface area is 167 Å². The van der Waals surface area contributed by atoms with E-state index in [1.54, 1.807) is 12.3 Å². The molecule has 0 saturated heterocycles. The fraction of sp³-hybridized carbons (Fsp3) is 0.0833. The van der Waals surface area contributed by atoms with E-state index in [2.05, 4.69) is 15.3 Å². The molecular weight excluding hydrogens is 365 g/mol. The molecule has 0 saturated carbocycles. The van der Waals surface area contributed by atoms with Gasteiger partial charge in [-0.15, -0.1) is 0 Å². The quantitative estimate of drug-likeness (QED) is 0.528. The van der Waals surface area contributed by atoms with Gasteiger partial charge in [0.15, 0.2) is 0 Å². The van der Waals surface area contributed by atoms with Crippen LogP contribution in [-0.4, -0.2) is 15.9 Å². The Hall–Kier alpha value is -3.73. The van der Waals surface area contributed by atoms with Crippen molar-refractivity contribution in [1.82, 2.24) is 15.3 Å². The van der Waals surface area contributed by atoms with Crippen molar-refractivity contribution in [3.63, 3.8) is 0 Å². The van der Waals surface area contributed by atoms with Crippen molar-refractivity contribution >= 4 is 5.91 Å². The van der Waals surface area contributed by atoms with Gasteiger partial charge in [0, 0.05) is 35.1 Å². The summed E-state index contributed by atoms with van der Waals surface area (Å²) in [7, 11) is 0. The number of benzene rings is 2.